The number of sulfonamides is 1. The molecule has 0 aromatic heterocycles. The summed E-state index contributed by atoms with van der Waals surface area (Å²) in [5.74, 6) is -2.67. The van der Waals surface area contributed by atoms with Crippen molar-refractivity contribution in [1.29, 1.82) is 5.26 Å². The number of hydrogen-bond donors (Lipinski definition) is 1. The summed E-state index contributed by atoms with van der Waals surface area (Å²) < 4.78 is 66.8. The molecule has 4 saturated carbocycles. The summed E-state index contributed by atoms with van der Waals surface area (Å²) >= 11 is 0. The first-order chi connectivity index (χ1) is 19.0. The summed E-state index contributed by atoms with van der Waals surface area (Å²) in [5.41, 5.74) is -2.10. The normalized spacial score (nSPS) is 44.5. The quantitative estimate of drug-likeness (QED) is 0.400. The minimum Gasteiger partial charge on any atom is -0.299 e. The molecule has 0 amide bonds. The Morgan fingerprint density at radius 1 is 0.952 bits per heavy atom. The third kappa shape index (κ3) is 4.62. The van der Waals surface area contributed by atoms with Gasteiger partial charge in [-0.15, -0.1) is 0 Å². The Hall–Kier alpha value is -1.73. The lowest BCUT2D eigenvalue weighted by Gasteiger charge is -2.71. The van der Waals surface area contributed by atoms with Crippen LogP contribution >= 0.6 is 0 Å². The zero-order valence-electron chi connectivity index (χ0n) is 25.8. The predicted octanol–water partition coefficient (Wildman–Crippen LogP) is 6.38. The summed E-state index contributed by atoms with van der Waals surface area (Å²) in [6.07, 6.45) is 1.42. The average Bonchev–Trinajstić information content (AvgIpc) is 2.80. The van der Waals surface area contributed by atoms with Gasteiger partial charge in [0.25, 0.3) is 0 Å². The van der Waals surface area contributed by atoms with Crippen molar-refractivity contribution in [3.8, 4) is 6.07 Å². The molecule has 0 bridgehead atoms. The highest BCUT2D eigenvalue weighted by Crippen LogP contribution is 2.74. The second kappa shape index (κ2) is 9.39. The molecule has 10 heteroatoms. The van der Waals surface area contributed by atoms with Crippen molar-refractivity contribution in [2.24, 2.45) is 56.7 Å². The van der Waals surface area contributed by atoms with E-state index < -0.39 is 44.2 Å². The van der Waals surface area contributed by atoms with Crippen LogP contribution in [0.4, 0.5) is 13.2 Å². The van der Waals surface area contributed by atoms with Crippen molar-refractivity contribution in [2.45, 2.75) is 106 Å². The monoisotopic (exact) mass is 610 g/mol. The van der Waals surface area contributed by atoms with E-state index in [1.54, 1.807) is 0 Å². The van der Waals surface area contributed by atoms with Gasteiger partial charge in [0, 0.05) is 23.8 Å². The highest BCUT2D eigenvalue weighted by atomic mass is 32.2. The molecule has 1 N–H and O–H groups in total. The van der Waals surface area contributed by atoms with Crippen molar-refractivity contribution in [3.63, 3.8) is 0 Å². The molecule has 234 valence electrons. The molecule has 9 atom stereocenters. The Kier molecular flexibility index (Phi) is 7.08. The summed E-state index contributed by atoms with van der Waals surface area (Å²) in [7, 11) is -4.59. The molecule has 0 spiro atoms. The van der Waals surface area contributed by atoms with Crippen LogP contribution in [-0.4, -0.2) is 38.0 Å². The SMILES string of the molecule is CC1(C)C[C@H]2[C@H](CC[C@]3(C)[C@@H]2C(=O)C[C@@H]2[C@@]4(C)C=C(C#N)C(=O)C(C)(C)[C@@H]4CC[C@]23C)[C@H](NS(=O)(=O)CC(F)(F)F)C1. The van der Waals surface area contributed by atoms with Crippen LogP contribution in [0.25, 0.3) is 0 Å². The number of nitrogens with zero attached hydrogens (tertiary/aromatic N) is 1. The Morgan fingerprint density at radius 2 is 1.57 bits per heavy atom. The van der Waals surface area contributed by atoms with Crippen LogP contribution in [0.1, 0.15) is 93.4 Å². The lowest BCUT2D eigenvalue weighted by molar-refractivity contribution is -0.211. The van der Waals surface area contributed by atoms with Crippen LogP contribution in [0.15, 0.2) is 11.6 Å². The predicted molar refractivity (Wildman–Crippen MR) is 152 cm³/mol. The Morgan fingerprint density at radius 3 is 2.17 bits per heavy atom. The van der Waals surface area contributed by atoms with Crippen molar-refractivity contribution in [1.82, 2.24) is 4.72 Å². The number of carbonyl (C=O) groups is 2. The summed E-state index contributed by atoms with van der Waals surface area (Å²) in [5, 5.41) is 9.88. The molecule has 4 fully saturated rings. The van der Waals surface area contributed by atoms with E-state index in [1.807, 2.05) is 33.8 Å². The molecular weight excluding hydrogens is 565 g/mol. The Bertz CT molecular complexity index is 1380. The van der Waals surface area contributed by atoms with Crippen LogP contribution < -0.4 is 4.72 Å². The number of nitriles is 1. The third-order valence-corrected chi connectivity index (χ3v) is 14.3. The zero-order valence-corrected chi connectivity index (χ0v) is 26.6. The maximum atomic E-state index is 14.4. The fourth-order valence-electron chi connectivity index (χ4n) is 11.3. The van der Waals surface area contributed by atoms with Crippen LogP contribution in [0.5, 0.6) is 0 Å². The van der Waals surface area contributed by atoms with Gasteiger partial charge in [0.05, 0.1) is 5.57 Å². The number of carbonyl (C=O) groups excluding carboxylic acids is 2. The van der Waals surface area contributed by atoms with Gasteiger partial charge >= 0.3 is 6.18 Å². The van der Waals surface area contributed by atoms with Crippen LogP contribution in [0.2, 0.25) is 0 Å². The summed E-state index contributed by atoms with van der Waals surface area (Å²) in [6.45, 7) is 14.5. The zero-order chi connectivity index (χ0) is 31.5. The van der Waals surface area contributed by atoms with E-state index in [4.69, 9.17) is 0 Å². The van der Waals surface area contributed by atoms with Gasteiger partial charge in [-0.2, -0.15) is 18.4 Å². The fraction of sp³-hybridized carbons (Fsp3) is 0.844. The first-order valence-corrected chi connectivity index (χ1v) is 16.9. The lowest BCUT2D eigenvalue weighted by Crippen LogP contribution is -2.68. The van der Waals surface area contributed by atoms with E-state index in [9.17, 15) is 36.4 Å². The van der Waals surface area contributed by atoms with Crippen LogP contribution in [-0.2, 0) is 19.6 Å². The maximum Gasteiger partial charge on any atom is 0.404 e. The van der Waals surface area contributed by atoms with E-state index in [1.165, 1.54) is 0 Å². The number of fused-ring (bicyclic) bond motifs is 7. The number of halogens is 3. The average molecular weight is 611 g/mol. The second-order valence-corrected chi connectivity index (χ2v) is 18.0. The standard InChI is InChI=1S/C32H45F3N2O4S/c1-27(2)14-20-19(21(15-27)37-42(40,41)17-32(33,34)35)8-10-31(7)25(20)22(38)12-24-29(5)13-18(16-36)26(39)28(3,4)23(29)9-11-30(24,31)6/h13,19-21,23-25,37H,8-12,14-15,17H2,1-7H3/t19-,20-,21+,23-,24+,25-,29-,30+,31+/m0/s1. The molecule has 5 aliphatic carbocycles. The smallest absolute Gasteiger partial charge is 0.299 e. The van der Waals surface area contributed by atoms with Crippen molar-refractivity contribution in [3.05, 3.63) is 11.6 Å². The van der Waals surface area contributed by atoms with Crippen molar-refractivity contribution < 1.29 is 31.2 Å². The molecule has 5 rings (SSSR count). The second-order valence-electron chi connectivity index (χ2n) is 16.3. The van der Waals surface area contributed by atoms with Gasteiger partial charge in [-0.3, -0.25) is 9.59 Å². The number of Topliss-reactive ketones (excluding diaryl/α,β-unsaturated/α-hetero) is 2. The maximum absolute atomic E-state index is 14.4. The van der Waals surface area contributed by atoms with Gasteiger partial charge in [-0.25, -0.2) is 13.1 Å². The Balaban J connectivity index is 1.54. The van der Waals surface area contributed by atoms with Gasteiger partial charge in [0.1, 0.15) is 11.9 Å². The fourth-order valence-corrected chi connectivity index (χ4v) is 12.5. The summed E-state index contributed by atoms with van der Waals surface area (Å²) in [4.78, 5) is 27.7. The minimum atomic E-state index is -4.84. The van der Waals surface area contributed by atoms with E-state index in [0.29, 0.717) is 32.1 Å². The van der Waals surface area contributed by atoms with E-state index in [2.05, 4.69) is 31.6 Å². The molecule has 42 heavy (non-hydrogen) atoms. The molecule has 0 heterocycles. The van der Waals surface area contributed by atoms with E-state index in [-0.39, 0.29) is 57.6 Å². The molecule has 0 aromatic carbocycles. The van der Waals surface area contributed by atoms with Crippen molar-refractivity contribution >= 4 is 21.6 Å². The molecule has 0 aliphatic heterocycles. The lowest BCUT2D eigenvalue weighted by atomic mass is 9.32. The van der Waals surface area contributed by atoms with Gasteiger partial charge in [-0.1, -0.05) is 54.5 Å². The number of nitrogens with one attached hydrogen (secondary N) is 1. The number of hydrogen-bond acceptors (Lipinski definition) is 5. The first kappa shape index (κ1) is 31.7. The molecular formula is C32H45F3N2O4S. The van der Waals surface area contributed by atoms with Gasteiger partial charge in [-0.05, 0) is 83.9 Å². The molecule has 5 aliphatic rings. The number of ketones is 2. The van der Waals surface area contributed by atoms with Crippen LogP contribution in [0, 0.1) is 68.0 Å². The number of alkyl halides is 3. The van der Waals surface area contributed by atoms with Crippen LogP contribution in [0.3, 0.4) is 0 Å². The Labute approximate surface area is 248 Å². The van der Waals surface area contributed by atoms with Gasteiger partial charge in [0.2, 0.25) is 10.0 Å². The topological polar surface area (TPSA) is 104 Å². The van der Waals surface area contributed by atoms with Gasteiger partial charge in [0.15, 0.2) is 11.5 Å². The van der Waals surface area contributed by atoms with Crippen molar-refractivity contribution in [2.75, 3.05) is 5.75 Å². The molecule has 6 nitrogen and oxygen atoms in total. The van der Waals surface area contributed by atoms with Gasteiger partial charge < -0.3 is 0 Å². The molecule has 0 saturated heterocycles. The summed E-state index contributed by atoms with van der Waals surface area (Å²) in [6, 6.07) is 1.48. The van der Waals surface area contributed by atoms with E-state index >= 15 is 0 Å². The number of rotatable bonds is 3. The minimum absolute atomic E-state index is 0.00185. The molecule has 0 unspecified atom stereocenters. The molecule has 0 aromatic rings. The largest absolute Gasteiger partial charge is 0.404 e. The first-order valence-electron chi connectivity index (χ1n) is 15.3. The highest BCUT2D eigenvalue weighted by molar-refractivity contribution is 7.89. The highest BCUT2D eigenvalue weighted by Gasteiger charge is 2.71. The molecule has 0 radical (unpaired) electrons. The number of allylic oxidation sites excluding steroid dienone is 2. The third-order valence-electron chi connectivity index (χ3n) is 13.0. The van der Waals surface area contributed by atoms with E-state index in [0.717, 1.165) is 12.8 Å².